The van der Waals surface area contributed by atoms with E-state index in [2.05, 4.69) is 10.1 Å². The molecule has 1 heterocycles. The largest absolute Gasteiger partial charge is 0.392 e. The number of hydrogen-bond donors (Lipinski definition) is 1. The van der Waals surface area contributed by atoms with Gasteiger partial charge in [-0.3, -0.25) is 0 Å². The number of aliphatic hydroxyl groups excluding tert-OH is 1. The minimum atomic E-state index is -2.55. The molecule has 1 N–H and O–H groups in total. The molecule has 0 spiro atoms. The van der Waals surface area contributed by atoms with Crippen LogP contribution in [0, 0.1) is 5.92 Å². The van der Waals surface area contributed by atoms with Crippen molar-refractivity contribution in [2.24, 2.45) is 5.92 Å². The molecule has 108 valence electrons. The van der Waals surface area contributed by atoms with Crippen LogP contribution in [-0.2, 0) is 6.42 Å². The zero-order chi connectivity index (χ0) is 14.0. The summed E-state index contributed by atoms with van der Waals surface area (Å²) in [6.07, 6.45) is 1.76. The third kappa shape index (κ3) is 3.49. The molecule has 1 aliphatic carbocycles. The highest BCUT2D eigenvalue weighted by atomic mass is 19.3. The average molecular weight is 273 g/mol. The quantitative estimate of drug-likeness (QED) is 0.917. The van der Waals surface area contributed by atoms with Gasteiger partial charge in [0.1, 0.15) is 12.2 Å². The first-order valence-corrected chi connectivity index (χ1v) is 6.83. The number of nitrogens with zero attached hydrogens (tertiary/aromatic N) is 3. The van der Waals surface area contributed by atoms with Gasteiger partial charge in [-0.25, -0.2) is 18.4 Å². The van der Waals surface area contributed by atoms with Crippen molar-refractivity contribution in [3.05, 3.63) is 12.2 Å². The molecule has 4 nitrogen and oxygen atoms in total. The lowest BCUT2D eigenvalue weighted by Crippen LogP contribution is -2.32. The van der Waals surface area contributed by atoms with Gasteiger partial charge in [0, 0.05) is 25.3 Å². The topological polar surface area (TPSA) is 50.9 Å². The Bertz CT molecular complexity index is 410. The van der Waals surface area contributed by atoms with E-state index in [9.17, 15) is 13.9 Å². The zero-order valence-corrected chi connectivity index (χ0v) is 11.4. The van der Waals surface area contributed by atoms with Gasteiger partial charge in [0.2, 0.25) is 5.92 Å². The maximum atomic E-state index is 13.1. The highest BCUT2D eigenvalue weighted by molar-refractivity contribution is 4.92. The number of halogens is 2. The van der Waals surface area contributed by atoms with Gasteiger partial charge >= 0.3 is 0 Å². The molecular weight excluding hydrogens is 252 g/mol. The Balaban J connectivity index is 1.94. The van der Waals surface area contributed by atoms with Gasteiger partial charge in [0.25, 0.3) is 0 Å². The number of hydrogen-bond acceptors (Lipinski definition) is 3. The second kappa shape index (κ2) is 5.53. The molecule has 0 aliphatic heterocycles. The molecule has 1 aromatic heterocycles. The van der Waals surface area contributed by atoms with Crippen molar-refractivity contribution in [3.63, 3.8) is 0 Å². The standard InChI is InChI=1S/C13H21F2N3O/c1-9(2)18-12(16-8-17-18)7-11(19)10-3-5-13(14,15)6-4-10/h8-11,19H,3-7H2,1-2H3. The van der Waals surface area contributed by atoms with E-state index in [0.29, 0.717) is 19.3 Å². The Kier molecular flexibility index (Phi) is 4.18. The van der Waals surface area contributed by atoms with E-state index in [4.69, 9.17) is 0 Å². The normalized spacial score (nSPS) is 21.8. The molecule has 1 unspecified atom stereocenters. The molecule has 19 heavy (non-hydrogen) atoms. The Morgan fingerprint density at radius 2 is 2.05 bits per heavy atom. The smallest absolute Gasteiger partial charge is 0.248 e. The molecule has 6 heteroatoms. The minimum absolute atomic E-state index is 0.0584. The van der Waals surface area contributed by atoms with Crippen molar-refractivity contribution >= 4 is 0 Å². The van der Waals surface area contributed by atoms with E-state index in [1.165, 1.54) is 6.33 Å². The van der Waals surface area contributed by atoms with E-state index in [0.717, 1.165) is 5.82 Å². The van der Waals surface area contributed by atoms with E-state index in [1.807, 2.05) is 13.8 Å². The Hall–Kier alpha value is -1.04. The fourth-order valence-electron chi connectivity index (χ4n) is 2.65. The molecule has 0 amide bonds. The summed E-state index contributed by atoms with van der Waals surface area (Å²) in [5.74, 6) is -1.88. The van der Waals surface area contributed by atoms with Gasteiger partial charge in [-0.1, -0.05) is 0 Å². The van der Waals surface area contributed by atoms with E-state index in [1.54, 1.807) is 4.68 Å². The summed E-state index contributed by atoms with van der Waals surface area (Å²) in [5, 5.41) is 14.3. The molecular formula is C13H21F2N3O. The third-order valence-corrected chi connectivity index (χ3v) is 3.83. The summed E-state index contributed by atoms with van der Waals surface area (Å²) in [4.78, 5) is 4.14. The molecule has 1 aliphatic rings. The van der Waals surface area contributed by atoms with Crippen LogP contribution in [0.15, 0.2) is 6.33 Å². The van der Waals surface area contributed by atoms with Crippen LogP contribution in [0.1, 0.15) is 51.4 Å². The van der Waals surface area contributed by atoms with Crippen LogP contribution >= 0.6 is 0 Å². The molecule has 1 fully saturated rings. The fraction of sp³-hybridized carbons (Fsp3) is 0.846. The Morgan fingerprint density at radius 3 is 2.63 bits per heavy atom. The first kappa shape index (κ1) is 14.4. The van der Waals surface area contributed by atoms with Crippen molar-refractivity contribution in [2.45, 2.75) is 64.0 Å². The predicted octanol–water partition coefficient (Wildman–Crippen LogP) is 2.59. The lowest BCUT2D eigenvalue weighted by Gasteiger charge is -2.31. The van der Waals surface area contributed by atoms with Crippen molar-refractivity contribution < 1.29 is 13.9 Å². The summed E-state index contributed by atoms with van der Waals surface area (Å²) < 4.78 is 27.9. The van der Waals surface area contributed by atoms with Crippen LogP contribution in [-0.4, -0.2) is 31.9 Å². The maximum Gasteiger partial charge on any atom is 0.248 e. The summed E-state index contributed by atoms with van der Waals surface area (Å²) in [7, 11) is 0. The second-order valence-electron chi connectivity index (χ2n) is 5.68. The second-order valence-corrected chi connectivity index (χ2v) is 5.68. The van der Waals surface area contributed by atoms with Crippen molar-refractivity contribution in [3.8, 4) is 0 Å². The number of alkyl halides is 2. The van der Waals surface area contributed by atoms with E-state index < -0.39 is 12.0 Å². The van der Waals surface area contributed by atoms with Crippen molar-refractivity contribution in [1.29, 1.82) is 0 Å². The lowest BCUT2D eigenvalue weighted by molar-refractivity contribution is -0.0622. The minimum Gasteiger partial charge on any atom is -0.392 e. The van der Waals surface area contributed by atoms with Crippen LogP contribution < -0.4 is 0 Å². The highest BCUT2D eigenvalue weighted by Crippen LogP contribution is 2.37. The molecule has 1 aromatic rings. The zero-order valence-electron chi connectivity index (χ0n) is 11.4. The highest BCUT2D eigenvalue weighted by Gasteiger charge is 2.37. The molecule has 0 saturated heterocycles. The SMILES string of the molecule is CC(C)n1ncnc1CC(O)C1CCC(F)(F)CC1. The summed E-state index contributed by atoms with van der Waals surface area (Å²) >= 11 is 0. The number of rotatable bonds is 4. The van der Waals surface area contributed by atoms with Gasteiger partial charge in [-0.2, -0.15) is 5.10 Å². The van der Waals surface area contributed by atoms with E-state index >= 15 is 0 Å². The van der Waals surface area contributed by atoms with Gasteiger partial charge in [0.05, 0.1) is 6.10 Å². The van der Waals surface area contributed by atoms with Crippen LogP contribution in [0.3, 0.4) is 0 Å². The molecule has 0 aromatic carbocycles. The van der Waals surface area contributed by atoms with Gasteiger partial charge < -0.3 is 5.11 Å². The number of aromatic nitrogens is 3. The van der Waals surface area contributed by atoms with Crippen LogP contribution in [0.5, 0.6) is 0 Å². The molecule has 1 saturated carbocycles. The molecule has 0 radical (unpaired) electrons. The monoisotopic (exact) mass is 273 g/mol. The lowest BCUT2D eigenvalue weighted by atomic mass is 9.82. The first-order valence-electron chi connectivity index (χ1n) is 6.83. The van der Waals surface area contributed by atoms with Crippen LogP contribution in [0.2, 0.25) is 0 Å². The molecule has 1 atom stereocenters. The van der Waals surface area contributed by atoms with Gasteiger partial charge in [-0.15, -0.1) is 0 Å². The summed E-state index contributed by atoms with van der Waals surface area (Å²) in [6.45, 7) is 3.98. The molecule has 0 bridgehead atoms. The fourth-order valence-corrected chi connectivity index (χ4v) is 2.65. The van der Waals surface area contributed by atoms with Crippen molar-refractivity contribution in [2.75, 3.05) is 0 Å². The van der Waals surface area contributed by atoms with Crippen LogP contribution in [0.25, 0.3) is 0 Å². The Morgan fingerprint density at radius 1 is 1.42 bits per heavy atom. The van der Waals surface area contributed by atoms with Crippen molar-refractivity contribution in [1.82, 2.24) is 14.8 Å². The summed E-state index contributed by atoms with van der Waals surface area (Å²) in [5.41, 5.74) is 0. The third-order valence-electron chi connectivity index (χ3n) is 3.83. The summed E-state index contributed by atoms with van der Waals surface area (Å²) in [6, 6.07) is 0.181. The van der Waals surface area contributed by atoms with E-state index in [-0.39, 0.29) is 24.8 Å². The molecule has 2 rings (SSSR count). The first-order chi connectivity index (χ1) is 8.89. The maximum absolute atomic E-state index is 13.1. The van der Waals surface area contributed by atoms with Gasteiger partial charge in [0.15, 0.2) is 0 Å². The predicted molar refractivity (Wildman–Crippen MR) is 67.0 cm³/mol. The average Bonchev–Trinajstić information content (AvgIpc) is 2.77. The van der Waals surface area contributed by atoms with Crippen LogP contribution in [0.4, 0.5) is 8.78 Å². The Labute approximate surface area is 111 Å². The number of aliphatic hydroxyl groups is 1. The van der Waals surface area contributed by atoms with Gasteiger partial charge in [-0.05, 0) is 32.6 Å².